The van der Waals surface area contributed by atoms with E-state index < -0.39 is 5.82 Å². The van der Waals surface area contributed by atoms with E-state index in [0.29, 0.717) is 5.92 Å². The number of anilines is 1. The number of benzene rings is 1. The predicted octanol–water partition coefficient (Wildman–Crippen LogP) is 2.74. The second kappa shape index (κ2) is 7.11. The third-order valence-corrected chi connectivity index (χ3v) is 2.65. The lowest BCUT2D eigenvalue weighted by Gasteiger charge is -2.17. The van der Waals surface area contributed by atoms with Crippen molar-refractivity contribution in [3.05, 3.63) is 30.1 Å². The van der Waals surface area contributed by atoms with Crippen LogP contribution in [0, 0.1) is 11.7 Å². The summed E-state index contributed by atoms with van der Waals surface area (Å²) in [4.78, 5) is 13.6. The predicted molar refractivity (Wildman–Crippen MR) is 72.0 cm³/mol. The van der Waals surface area contributed by atoms with Crippen LogP contribution in [0.3, 0.4) is 0 Å². The molecule has 18 heavy (non-hydrogen) atoms. The molecule has 100 valence electrons. The summed E-state index contributed by atoms with van der Waals surface area (Å²) in [5.41, 5.74) is 0.236. The standard InChI is InChI=1S/C14H21FN2O/c1-11(2)8-9-17(3)10-14(18)16-13-7-5-4-6-12(13)15/h4-7,11H,8-10H2,1-3H3,(H,16,18). The summed E-state index contributed by atoms with van der Waals surface area (Å²) in [6, 6.07) is 6.18. The summed E-state index contributed by atoms with van der Waals surface area (Å²) in [6.45, 7) is 5.43. The van der Waals surface area contributed by atoms with Gasteiger partial charge in [0.1, 0.15) is 5.82 Å². The number of likely N-dealkylation sites (N-methyl/N-ethyl adjacent to an activating group) is 1. The summed E-state index contributed by atoms with van der Waals surface area (Å²) >= 11 is 0. The number of carbonyl (C=O) groups is 1. The second-order valence-corrected chi connectivity index (χ2v) is 4.95. The highest BCUT2D eigenvalue weighted by atomic mass is 19.1. The van der Waals surface area contributed by atoms with Crippen LogP contribution in [0.1, 0.15) is 20.3 Å². The Morgan fingerprint density at radius 1 is 1.39 bits per heavy atom. The van der Waals surface area contributed by atoms with E-state index in [1.165, 1.54) is 6.07 Å². The average molecular weight is 252 g/mol. The van der Waals surface area contributed by atoms with Crippen LogP contribution in [0.2, 0.25) is 0 Å². The molecule has 0 saturated carbocycles. The first-order valence-electron chi connectivity index (χ1n) is 6.22. The minimum Gasteiger partial charge on any atom is -0.322 e. The van der Waals surface area contributed by atoms with Crippen molar-refractivity contribution in [2.24, 2.45) is 5.92 Å². The maximum absolute atomic E-state index is 13.3. The van der Waals surface area contributed by atoms with E-state index in [9.17, 15) is 9.18 Å². The fourth-order valence-corrected chi connectivity index (χ4v) is 1.56. The molecule has 0 spiro atoms. The number of nitrogens with one attached hydrogen (secondary N) is 1. The molecule has 0 unspecified atom stereocenters. The molecule has 0 aromatic heterocycles. The zero-order valence-electron chi connectivity index (χ0n) is 11.2. The Balaban J connectivity index is 2.40. The van der Waals surface area contributed by atoms with E-state index in [1.54, 1.807) is 18.2 Å². The van der Waals surface area contributed by atoms with Crippen LogP contribution in [0.25, 0.3) is 0 Å². The number of para-hydroxylation sites is 1. The Morgan fingerprint density at radius 2 is 2.06 bits per heavy atom. The van der Waals surface area contributed by atoms with E-state index in [4.69, 9.17) is 0 Å². The molecule has 1 aromatic rings. The third-order valence-electron chi connectivity index (χ3n) is 2.65. The van der Waals surface area contributed by atoms with Crippen LogP contribution in [-0.4, -0.2) is 30.9 Å². The van der Waals surface area contributed by atoms with Crippen molar-refractivity contribution in [1.29, 1.82) is 0 Å². The largest absolute Gasteiger partial charge is 0.322 e. The first-order valence-corrected chi connectivity index (χ1v) is 6.22. The Hall–Kier alpha value is -1.42. The summed E-state index contributed by atoms with van der Waals surface area (Å²) < 4.78 is 13.3. The molecule has 0 saturated heterocycles. The number of hydrogen-bond donors (Lipinski definition) is 1. The summed E-state index contributed by atoms with van der Waals surface area (Å²) in [7, 11) is 1.89. The quantitative estimate of drug-likeness (QED) is 0.844. The van der Waals surface area contributed by atoms with Gasteiger partial charge in [0.05, 0.1) is 12.2 Å². The van der Waals surface area contributed by atoms with Gasteiger partial charge in [-0.3, -0.25) is 9.69 Å². The van der Waals surface area contributed by atoms with Gasteiger partial charge in [0.15, 0.2) is 0 Å². The van der Waals surface area contributed by atoms with Crippen LogP contribution in [-0.2, 0) is 4.79 Å². The van der Waals surface area contributed by atoms with Gasteiger partial charge in [-0.25, -0.2) is 4.39 Å². The van der Waals surface area contributed by atoms with Gasteiger partial charge in [0, 0.05) is 0 Å². The van der Waals surface area contributed by atoms with Crippen LogP contribution < -0.4 is 5.32 Å². The summed E-state index contributed by atoms with van der Waals surface area (Å²) in [6.07, 6.45) is 1.05. The molecule has 3 nitrogen and oxygen atoms in total. The summed E-state index contributed by atoms with van der Waals surface area (Å²) in [5.74, 6) is 0.0177. The molecular formula is C14H21FN2O. The highest BCUT2D eigenvalue weighted by molar-refractivity contribution is 5.92. The summed E-state index contributed by atoms with van der Waals surface area (Å²) in [5, 5.41) is 2.57. The molecule has 0 aliphatic carbocycles. The molecule has 1 N–H and O–H groups in total. The van der Waals surface area contributed by atoms with Gasteiger partial charge in [-0.1, -0.05) is 26.0 Å². The molecule has 0 aliphatic rings. The number of hydrogen-bond acceptors (Lipinski definition) is 2. The van der Waals surface area contributed by atoms with Gasteiger partial charge in [0.2, 0.25) is 5.91 Å². The van der Waals surface area contributed by atoms with Crippen LogP contribution in [0.15, 0.2) is 24.3 Å². The SMILES string of the molecule is CC(C)CCN(C)CC(=O)Nc1ccccc1F. The lowest BCUT2D eigenvalue weighted by atomic mass is 10.1. The highest BCUT2D eigenvalue weighted by Crippen LogP contribution is 2.12. The van der Waals surface area contributed by atoms with Gasteiger partial charge < -0.3 is 5.32 Å². The molecule has 0 radical (unpaired) electrons. The van der Waals surface area contributed by atoms with E-state index in [2.05, 4.69) is 19.2 Å². The molecule has 0 aliphatic heterocycles. The van der Waals surface area contributed by atoms with Crippen molar-refractivity contribution in [3.63, 3.8) is 0 Å². The average Bonchev–Trinajstić information content (AvgIpc) is 2.29. The minimum atomic E-state index is -0.407. The van der Waals surface area contributed by atoms with Crippen molar-refractivity contribution in [3.8, 4) is 0 Å². The topological polar surface area (TPSA) is 32.3 Å². The van der Waals surface area contributed by atoms with E-state index >= 15 is 0 Å². The number of carbonyl (C=O) groups excluding carboxylic acids is 1. The van der Waals surface area contributed by atoms with Crippen molar-refractivity contribution in [2.45, 2.75) is 20.3 Å². The van der Waals surface area contributed by atoms with Gasteiger partial charge >= 0.3 is 0 Å². The van der Waals surface area contributed by atoms with Crippen LogP contribution in [0.5, 0.6) is 0 Å². The zero-order valence-corrected chi connectivity index (χ0v) is 11.2. The van der Waals surface area contributed by atoms with Crippen molar-refractivity contribution < 1.29 is 9.18 Å². The third kappa shape index (κ3) is 5.27. The molecule has 1 rings (SSSR count). The maximum atomic E-state index is 13.3. The lowest BCUT2D eigenvalue weighted by molar-refractivity contribution is -0.117. The first kappa shape index (κ1) is 14.6. The molecule has 0 atom stereocenters. The number of amides is 1. The maximum Gasteiger partial charge on any atom is 0.238 e. The monoisotopic (exact) mass is 252 g/mol. The van der Waals surface area contributed by atoms with Crippen molar-refractivity contribution >= 4 is 11.6 Å². The van der Waals surface area contributed by atoms with Gasteiger partial charge in [-0.05, 0) is 38.1 Å². The lowest BCUT2D eigenvalue weighted by Crippen LogP contribution is -2.31. The first-order chi connectivity index (χ1) is 8.49. The van der Waals surface area contributed by atoms with Crippen LogP contribution in [0.4, 0.5) is 10.1 Å². The Morgan fingerprint density at radius 3 is 2.67 bits per heavy atom. The number of rotatable bonds is 6. The Bertz CT molecular complexity index is 393. The van der Waals surface area contributed by atoms with E-state index in [1.807, 2.05) is 11.9 Å². The Kier molecular flexibility index (Phi) is 5.78. The molecule has 4 heteroatoms. The Labute approximate surface area is 108 Å². The van der Waals surface area contributed by atoms with E-state index in [-0.39, 0.29) is 18.1 Å². The van der Waals surface area contributed by atoms with Crippen LogP contribution >= 0.6 is 0 Å². The second-order valence-electron chi connectivity index (χ2n) is 4.95. The van der Waals surface area contributed by atoms with Gasteiger partial charge in [-0.2, -0.15) is 0 Å². The number of halogens is 1. The van der Waals surface area contributed by atoms with Gasteiger partial charge in [0.25, 0.3) is 0 Å². The molecule has 1 amide bonds. The van der Waals surface area contributed by atoms with E-state index in [0.717, 1.165) is 13.0 Å². The normalized spacial score (nSPS) is 11.0. The fraction of sp³-hybridized carbons (Fsp3) is 0.500. The van der Waals surface area contributed by atoms with Crippen molar-refractivity contribution in [2.75, 3.05) is 25.5 Å². The zero-order chi connectivity index (χ0) is 13.5. The minimum absolute atomic E-state index is 0.189. The number of nitrogens with zero attached hydrogens (tertiary/aromatic N) is 1. The molecule has 1 aromatic carbocycles. The molecule has 0 bridgehead atoms. The van der Waals surface area contributed by atoms with Gasteiger partial charge in [-0.15, -0.1) is 0 Å². The fourth-order valence-electron chi connectivity index (χ4n) is 1.56. The molecule has 0 fully saturated rings. The highest BCUT2D eigenvalue weighted by Gasteiger charge is 2.09. The molecule has 0 heterocycles. The van der Waals surface area contributed by atoms with Crippen molar-refractivity contribution in [1.82, 2.24) is 4.90 Å². The smallest absolute Gasteiger partial charge is 0.238 e. The molecular weight excluding hydrogens is 231 g/mol.